The van der Waals surface area contributed by atoms with Gasteiger partial charge in [-0.15, -0.1) is 0 Å². The molecule has 0 saturated carbocycles. The van der Waals surface area contributed by atoms with Crippen LogP contribution in [0.1, 0.15) is 22.3 Å². The standard InChI is InChI=1S/C50H30N2/c1-51-33-14-13-17-35(31-33)52(34-15-3-2-4-16-34)36-27-29-37-32(30-36)26-28-44-47-42-22-7-5-18-38(42)39-19-6-8-23-43(39)49(47)50(48(37)44)45-24-11-9-20-40(45)41-21-10-12-25-46(41)50/h2-31H. The van der Waals surface area contributed by atoms with Crippen LogP contribution < -0.4 is 4.90 Å². The minimum atomic E-state index is -0.508. The third-order valence-electron chi connectivity index (χ3n) is 11.4. The fraction of sp³-hybridized carbons (Fsp3) is 0.0200. The van der Waals surface area contributed by atoms with Crippen LogP contribution in [-0.2, 0) is 5.41 Å². The largest absolute Gasteiger partial charge is 0.312 e. The zero-order chi connectivity index (χ0) is 34.4. The average molecular weight is 659 g/mol. The van der Waals surface area contributed by atoms with Crippen LogP contribution in [-0.4, -0.2) is 0 Å². The first-order chi connectivity index (χ1) is 25.8. The molecular weight excluding hydrogens is 629 g/mol. The van der Waals surface area contributed by atoms with E-state index in [-0.39, 0.29) is 0 Å². The lowest BCUT2D eigenvalue weighted by Crippen LogP contribution is -2.26. The molecule has 0 saturated heterocycles. The number of anilines is 3. The van der Waals surface area contributed by atoms with E-state index in [0.29, 0.717) is 5.69 Å². The van der Waals surface area contributed by atoms with Gasteiger partial charge in [-0.2, -0.15) is 0 Å². The molecule has 0 atom stereocenters. The van der Waals surface area contributed by atoms with Crippen molar-refractivity contribution >= 4 is 55.1 Å². The Kier molecular flexibility index (Phi) is 5.98. The van der Waals surface area contributed by atoms with E-state index in [2.05, 4.69) is 167 Å². The van der Waals surface area contributed by atoms with Crippen molar-refractivity contribution in [2.45, 2.75) is 5.41 Å². The van der Waals surface area contributed by atoms with Gasteiger partial charge in [-0.25, -0.2) is 4.85 Å². The Labute approximate surface area is 302 Å². The van der Waals surface area contributed by atoms with Crippen molar-refractivity contribution in [3.8, 4) is 22.3 Å². The number of hydrogen-bond donors (Lipinski definition) is 0. The molecule has 11 rings (SSSR count). The van der Waals surface area contributed by atoms with Crippen molar-refractivity contribution in [1.82, 2.24) is 0 Å². The van der Waals surface area contributed by atoms with E-state index in [1.807, 2.05) is 24.3 Å². The average Bonchev–Trinajstić information content (AvgIpc) is 3.69. The smallest absolute Gasteiger partial charge is 0.189 e. The predicted octanol–water partition coefficient (Wildman–Crippen LogP) is 13.5. The van der Waals surface area contributed by atoms with Crippen LogP contribution in [0.2, 0.25) is 0 Å². The summed E-state index contributed by atoms with van der Waals surface area (Å²) in [5.74, 6) is 0. The summed E-state index contributed by atoms with van der Waals surface area (Å²) in [5.41, 5.74) is 13.8. The van der Waals surface area contributed by atoms with Gasteiger partial charge in [-0.3, -0.25) is 0 Å². The monoisotopic (exact) mass is 658 g/mol. The predicted molar refractivity (Wildman–Crippen MR) is 216 cm³/mol. The number of para-hydroxylation sites is 1. The maximum Gasteiger partial charge on any atom is 0.189 e. The molecule has 0 heterocycles. The summed E-state index contributed by atoms with van der Waals surface area (Å²) in [4.78, 5) is 6.01. The summed E-state index contributed by atoms with van der Waals surface area (Å²) < 4.78 is 0. The Morgan fingerprint density at radius 1 is 0.404 bits per heavy atom. The molecule has 0 bridgehead atoms. The Hall–Kier alpha value is -6.95. The van der Waals surface area contributed by atoms with Crippen molar-refractivity contribution in [2.75, 3.05) is 4.90 Å². The van der Waals surface area contributed by atoms with Crippen LogP contribution in [0.3, 0.4) is 0 Å². The van der Waals surface area contributed by atoms with Crippen LogP contribution in [0.4, 0.5) is 22.7 Å². The zero-order valence-electron chi connectivity index (χ0n) is 28.2. The van der Waals surface area contributed by atoms with Gasteiger partial charge in [0.05, 0.1) is 12.0 Å². The number of nitrogens with zero attached hydrogens (tertiary/aromatic N) is 2. The van der Waals surface area contributed by atoms with Gasteiger partial charge in [0, 0.05) is 17.1 Å². The normalized spacial score (nSPS) is 13.1. The second-order valence-corrected chi connectivity index (χ2v) is 13.9. The molecule has 0 unspecified atom stereocenters. The first kappa shape index (κ1) is 28.8. The zero-order valence-corrected chi connectivity index (χ0v) is 28.2. The highest BCUT2D eigenvalue weighted by Crippen LogP contribution is 2.66. The van der Waals surface area contributed by atoms with Crippen LogP contribution in [0.5, 0.6) is 0 Å². The minimum absolute atomic E-state index is 0.508. The summed E-state index contributed by atoms with van der Waals surface area (Å²) in [6.45, 7) is 7.71. The van der Waals surface area contributed by atoms with E-state index < -0.39 is 5.41 Å². The Balaban J connectivity index is 1.28. The van der Waals surface area contributed by atoms with Gasteiger partial charge >= 0.3 is 0 Å². The molecule has 52 heavy (non-hydrogen) atoms. The lowest BCUT2D eigenvalue weighted by Gasteiger charge is -2.33. The molecule has 9 aromatic rings. The Bertz CT molecular complexity index is 2940. The Morgan fingerprint density at radius 3 is 1.73 bits per heavy atom. The number of hydrogen-bond acceptors (Lipinski definition) is 1. The molecule has 0 aliphatic heterocycles. The van der Waals surface area contributed by atoms with Gasteiger partial charge < -0.3 is 4.90 Å². The third-order valence-corrected chi connectivity index (χ3v) is 11.4. The van der Waals surface area contributed by atoms with Gasteiger partial charge in [-0.1, -0.05) is 146 Å². The van der Waals surface area contributed by atoms with Crippen LogP contribution in [0.15, 0.2) is 182 Å². The second kappa shape index (κ2) is 10.8. The van der Waals surface area contributed by atoms with Gasteiger partial charge in [0.2, 0.25) is 0 Å². The van der Waals surface area contributed by atoms with E-state index >= 15 is 0 Å². The molecule has 2 aliphatic rings. The molecule has 0 fully saturated rings. The maximum absolute atomic E-state index is 7.71. The second-order valence-electron chi connectivity index (χ2n) is 13.9. The molecule has 0 aromatic heterocycles. The molecule has 2 aliphatic carbocycles. The molecule has 0 radical (unpaired) electrons. The molecule has 0 amide bonds. The first-order valence-electron chi connectivity index (χ1n) is 17.8. The van der Waals surface area contributed by atoms with E-state index in [1.54, 1.807) is 0 Å². The quantitative estimate of drug-likeness (QED) is 0.135. The van der Waals surface area contributed by atoms with Gasteiger partial charge in [-0.05, 0) is 113 Å². The van der Waals surface area contributed by atoms with E-state index in [0.717, 1.165) is 17.1 Å². The maximum atomic E-state index is 7.71. The summed E-state index contributed by atoms with van der Waals surface area (Å²) in [6.07, 6.45) is 0. The van der Waals surface area contributed by atoms with E-state index in [9.17, 15) is 0 Å². The van der Waals surface area contributed by atoms with E-state index in [1.165, 1.54) is 76.8 Å². The lowest BCUT2D eigenvalue weighted by molar-refractivity contribution is 0.809. The number of benzene rings is 9. The minimum Gasteiger partial charge on any atom is -0.312 e. The van der Waals surface area contributed by atoms with Crippen molar-refractivity contribution in [1.29, 1.82) is 0 Å². The number of fused-ring (bicyclic) bond motifs is 17. The fourth-order valence-electron chi connectivity index (χ4n) is 9.50. The lowest BCUT2D eigenvalue weighted by atomic mass is 9.68. The molecule has 240 valence electrons. The van der Waals surface area contributed by atoms with Crippen molar-refractivity contribution in [3.05, 3.63) is 216 Å². The van der Waals surface area contributed by atoms with Gasteiger partial charge in [0.15, 0.2) is 5.69 Å². The van der Waals surface area contributed by atoms with Gasteiger partial charge in [0.25, 0.3) is 0 Å². The molecule has 1 spiro atoms. The number of rotatable bonds is 3. The SMILES string of the molecule is [C-]#[N+]c1cccc(N(c2ccccc2)c2ccc3c4c(ccc3c2)-c2c(c3ccccc3c3ccccc23)C42c3ccccc3-c3ccccc32)c1. The summed E-state index contributed by atoms with van der Waals surface area (Å²) in [7, 11) is 0. The molecule has 2 nitrogen and oxygen atoms in total. The van der Waals surface area contributed by atoms with Crippen molar-refractivity contribution < 1.29 is 0 Å². The summed E-state index contributed by atoms with van der Waals surface area (Å²) in [5, 5.41) is 7.61. The molecule has 9 aromatic carbocycles. The highest BCUT2D eigenvalue weighted by atomic mass is 15.1. The van der Waals surface area contributed by atoms with Crippen molar-refractivity contribution in [2.24, 2.45) is 0 Å². The van der Waals surface area contributed by atoms with Crippen molar-refractivity contribution in [3.63, 3.8) is 0 Å². The summed E-state index contributed by atoms with van der Waals surface area (Å²) >= 11 is 0. The molecular formula is C50H30N2. The van der Waals surface area contributed by atoms with Crippen LogP contribution in [0, 0.1) is 6.57 Å². The fourth-order valence-corrected chi connectivity index (χ4v) is 9.50. The first-order valence-corrected chi connectivity index (χ1v) is 17.8. The van der Waals surface area contributed by atoms with Gasteiger partial charge in [0.1, 0.15) is 0 Å². The highest BCUT2D eigenvalue weighted by Gasteiger charge is 2.53. The van der Waals surface area contributed by atoms with Crippen LogP contribution in [0.25, 0.3) is 59.4 Å². The Morgan fingerprint density at radius 2 is 1.00 bits per heavy atom. The highest BCUT2D eigenvalue weighted by molar-refractivity contribution is 6.21. The topological polar surface area (TPSA) is 7.60 Å². The van der Waals surface area contributed by atoms with E-state index in [4.69, 9.17) is 6.57 Å². The van der Waals surface area contributed by atoms with Crippen LogP contribution >= 0.6 is 0 Å². The summed E-state index contributed by atoms with van der Waals surface area (Å²) in [6, 6.07) is 66.1. The molecule has 2 heteroatoms. The third kappa shape index (κ3) is 3.72. The molecule has 0 N–H and O–H groups in total.